The van der Waals surface area contributed by atoms with Gasteiger partial charge in [0.2, 0.25) is 5.91 Å². The average molecular weight is 315 g/mol. The van der Waals surface area contributed by atoms with E-state index in [-0.39, 0.29) is 11.8 Å². The highest BCUT2D eigenvalue weighted by atomic mass is 16.1. The summed E-state index contributed by atoms with van der Waals surface area (Å²) in [5, 5.41) is 3.10. The number of rotatable bonds is 2. The number of hydrogen-bond acceptors (Lipinski definition) is 1. The zero-order valence-corrected chi connectivity index (χ0v) is 13.7. The van der Waals surface area contributed by atoms with Gasteiger partial charge < -0.3 is 5.32 Å². The molecule has 2 nitrogen and oxygen atoms in total. The van der Waals surface area contributed by atoms with Gasteiger partial charge in [0.25, 0.3) is 0 Å². The van der Waals surface area contributed by atoms with Gasteiger partial charge in [-0.25, -0.2) is 0 Å². The number of nitrogens with one attached hydrogen (secondary N) is 1. The van der Waals surface area contributed by atoms with Crippen LogP contribution in [0.25, 0.3) is 0 Å². The first-order valence-corrected chi connectivity index (χ1v) is 8.76. The Kier molecular flexibility index (Phi) is 4.09. The fourth-order valence-electron chi connectivity index (χ4n) is 4.14. The molecule has 120 valence electrons. The summed E-state index contributed by atoms with van der Waals surface area (Å²) in [4.78, 5) is 12.5. The van der Waals surface area contributed by atoms with E-state index in [0.717, 1.165) is 29.2 Å². The van der Waals surface area contributed by atoms with E-state index in [1.54, 1.807) is 0 Å². The van der Waals surface area contributed by atoms with Crippen molar-refractivity contribution in [2.75, 3.05) is 5.32 Å². The van der Waals surface area contributed by atoms with Gasteiger partial charge in [0.15, 0.2) is 0 Å². The summed E-state index contributed by atoms with van der Waals surface area (Å²) >= 11 is 0. The Bertz CT molecular complexity index is 799. The molecule has 2 heteroatoms. The molecular formula is C22H21NO. The number of hydrogen-bond donors (Lipinski definition) is 1. The number of benzene rings is 2. The third-order valence-electron chi connectivity index (χ3n) is 5.33. The van der Waals surface area contributed by atoms with E-state index in [1.807, 2.05) is 54.6 Å². The van der Waals surface area contributed by atoms with Crippen molar-refractivity contribution in [1.29, 1.82) is 0 Å². The van der Waals surface area contributed by atoms with Gasteiger partial charge in [-0.3, -0.25) is 4.79 Å². The van der Waals surface area contributed by atoms with E-state index in [9.17, 15) is 4.79 Å². The molecule has 4 rings (SSSR count). The number of carbonyl (C=O) groups is 1. The van der Waals surface area contributed by atoms with Gasteiger partial charge in [-0.05, 0) is 61.4 Å². The SMILES string of the molecule is O=C(Nc1cccc(C#Cc2ccccc2)c1)C1CC2CCC1C2. The molecule has 0 saturated heterocycles. The first kappa shape index (κ1) is 15.0. The van der Waals surface area contributed by atoms with Crippen LogP contribution in [0, 0.1) is 29.6 Å². The van der Waals surface area contributed by atoms with Gasteiger partial charge in [-0.2, -0.15) is 0 Å². The van der Waals surface area contributed by atoms with E-state index in [4.69, 9.17) is 0 Å². The Morgan fingerprint density at radius 3 is 2.46 bits per heavy atom. The molecule has 0 aromatic heterocycles. The van der Waals surface area contributed by atoms with E-state index in [1.165, 1.54) is 19.3 Å². The summed E-state index contributed by atoms with van der Waals surface area (Å²) in [7, 11) is 0. The fourth-order valence-corrected chi connectivity index (χ4v) is 4.14. The van der Waals surface area contributed by atoms with Crippen LogP contribution in [-0.4, -0.2) is 5.91 Å². The highest BCUT2D eigenvalue weighted by molar-refractivity contribution is 5.93. The Morgan fingerprint density at radius 2 is 1.71 bits per heavy atom. The van der Waals surface area contributed by atoms with Crippen LogP contribution in [0.15, 0.2) is 54.6 Å². The van der Waals surface area contributed by atoms with Gasteiger partial charge in [-0.15, -0.1) is 0 Å². The van der Waals surface area contributed by atoms with Crippen molar-refractivity contribution in [2.24, 2.45) is 17.8 Å². The molecule has 1 amide bonds. The predicted molar refractivity (Wildman–Crippen MR) is 96.4 cm³/mol. The molecule has 0 heterocycles. The van der Waals surface area contributed by atoms with Crippen LogP contribution in [0.3, 0.4) is 0 Å². The largest absolute Gasteiger partial charge is 0.326 e. The normalized spacial score (nSPS) is 24.2. The third-order valence-corrected chi connectivity index (χ3v) is 5.33. The van der Waals surface area contributed by atoms with Crippen LogP contribution in [0.4, 0.5) is 5.69 Å². The zero-order valence-electron chi connectivity index (χ0n) is 13.7. The Balaban J connectivity index is 1.45. The lowest BCUT2D eigenvalue weighted by Crippen LogP contribution is -2.27. The second-order valence-corrected chi connectivity index (χ2v) is 6.97. The van der Waals surface area contributed by atoms with E-state index in [0.29, 0.717) is 5.92 Å². The molecule has 3 atom stereocenters. The Labute approximate surface area is 143 Å². The topological polar surface area (TPSA) is 29.1 Å². The molecule has 0 radical (unpaired) electrons. The predicted octanol–water partition coefficient (Wildman–Crippen LogP) is 4.46. The highest BCUT2D eigenvalue weighted by Crippen LogP contribution is 2.48. The maximum absolute atomic E-state index is 12.5. The molecular weight excluding hydrogens is 294 g/mol. The summed E-state index contributed by atoms with van der Waals surface area (Å²) in [6.07, 6.45) is 4.87. The minimum absolute atomic E-state index is 0.190. The summed E-state index contributed by atoms with van der Waals surface area (Å²) in [6, 6.07) is 17.8. The van der Waals surface area contributed by atoms with Gasteiger partial charge in [0.1, 0.15) is 0 Å². The van der Waals surface area contributed by atoms with Crippen LogP contribution in [0.2, 0.25) is 0 Å². The molecule has 2 aromatic rings. The average Bonchev–Trinajstić information content (AvgIpc) is 3.25. The van der Waals surface area contributed by atoms with Crippen molar-refractivity contribution >= 4 is 11.6 Å². The molecule has 0 spiro atoms. The fraction of sp³-hybridized carbons (Fsp3) is 0.318. The lowest BCUT2D eigenvalue weighted by Gasteiger charge is -2.20. The number of carbonyl (C=O) groups excluding carboxylic acids is 1. The first-order valence-electron chi connectivity index (χ1n) is 8.76. The van der Waals surface area contributed by atoms with Crippen molar-refractivity contribution in [2.45, 2.75) is 25.7 Å². The molecule has 2 aliphatic rings. The lowest BCUT2D eigenvalue weighted by molar-refractivity contribution is -0.121. The minimum Gasteiger partial charge on any atom is -0.326 e. The molecule has 2 saturated carbocycles. The summed E-state index contributed by atoms with van der Waals surface area (Å²) < 4.78 is 0. The van der Waals surface area contributed by atoms with Crippen LogP contribution in [0.5, 0.6) is 0 Å². The van der Waals surface area contributed by atoms with Crippen molar-refractivity contribution in [3.8, 4) is 11.8 Å². The lowest BCUT2D eigenvalue weighted by atomic mass is 9.88. The Hall–Kier alpha value is -2.53. The molecule has 2 bridgehead atoms. The molecule has 0 aliphatic heterocycles. The van der Waals surface area contributed by atoms with Crippen LogP contribution in [-0.2, 0) is 4.79 Å². The number of fused-ring (bicyclic) bond motifs is 2. The maximum atomic E-state index is 12.5. The number of anilines is 1. The molecule has 2 aliphatic carbocycles. The van der Waals surface area contributed by atoms with E-state index in [2.05, 4.69) is 17.2 Å². The summed E-state index contributed by atoms with van der Waals surface area (Å²) in [5.41, 5.74) is 2.76. The van der Waals surface area contributed by atoms with Crippen LogP contribution >= 0.6 is 0 Å². The molecule has 3 unspecified atom stereocenters. The van der Waals surface area contributed by atoms with E-state index < -0.39 is 0 Å². The highest BCUT2D eigenvalue weighted by Gasteiger charge is 2.42. The van der Waals surface area contributed by atoms with Gasteiger partial charge in [0.05, 0.1) is 0 Å². The summed E-state index contributed by atoms with van der Waals surface area (Å²) in [5.74, 6) is 8.12. The second kappa shape index (κ2) is 6.53. The standard InChI is InChI=1S/C22H21NO/c24-22(21-15-18-11-12-19(21)13-18)23-20-8-4-7-17(14-20)10-9-16-5-2-1-3-6-16/h1-8,14,18-19,21H,11-13,15H2,(H,23,24). The molecule has 2 fully saturated rings. The first-order chi connectivity index (χ1) is 11.8. The van der Waals surface area contributed by atoms with Gasteiger partial charge in [0, 0.05) is 22.7 Å². The molecule has 2 aromatic carbocycles. The summed E-state index contributed by atoms with van der Waals surface area (Å²) in [6.45, 7) is 0. The van der Waals surface area contributed by atoms with Crippen molar-refractivity contribution < 1.29 is 4.79 Å². The number of amides is 1. The van der Waals surface area contributed by atoms with Crippen molar-refractivity contribution in [1.82, 2.24) is 0 Å². The van der Waals surface area contributed by atoms with Crippen LogP contribution < -0.4 is 5.32 Å². The zero-order chi connectivity index (χ0) is 16.4. The van der Waals surface area contributed by atoms with Gasteiger partial charge in [-0.1, -0.05) is 42.5 Å². The molecule has 1 N–H and O–H groups in total. The molecule has 24 heavy (non-hydrogen) atoms. The van der Waals surface area contributed by atoms with Gasteiger partial charge >= 0.3 is 0 Å². The van der Waals surface area contributed by atoms with Crippen molar-refractivity contribution in [3.05, 3.63) is 65.7 Å². The minimum atomic E-state index is 0.190. The van der Waals surface area contributed by atoms with Crippen LogP contribution in [0.1, 0.15) is 36.8 Å². The third kappa shape index (κ3) is 3.21. The monoisotopic (exact) mass is 315 g/mol. The maximum Gasteiger partial charge on any atom is 0.227 e. The van der Waals surface area contributed by atoms with E-state index >= 15 is 0 Å². The smallest absolute Gasteiger partial charge is 0.227 e. The van der Waals surface area contributed by atoms with Crippen molar-refractivity contribution in [3.63, 3.8) is 0 Å². The quantitative estimate of drug-likeness (QED) is 0.814. The second-order valence-electron chi connectivity index (χ2n) is 6.97. The Morgan fingerprint density at radius 1 is 0.917 bits per heavy atom.